The number of aromatic amines is 1. The Hall–Kier alpha value is -2.50. The van der Waals surface area contributed by atoms with E-state index in [0.29, 0.717) is 11.2 Å². The van der Waals surface area contributed by atoms with Crippen LogP contribution in [0.3, 0.4) is 0 Å². The van der Waals surface area contributed by atoms with E-state index in [1.807, 2.05) is 0 Å². The van der Waals surface area contributed by atoms with Gasteiger partial charge >= 0.3 is 0 Å². The van der Waals surface area contributed by atoms with Crippen LogP contribution in [0.4, 0.5) is 0 Å². The number of hydrogen-bond acceptors (Lipinski definition) is 2. The van der Waals surface area contributed by atoms with Gasteiger partial charge < -0.3 is 21.1 Å². The van der Waals surface area contributed by atoms with Gasteiger partial charge in [-0.25, -0.2) is 0 Å². The lowest BCUT2D eigenvalue weighted by molar-refractivity contribution is 0.0998. The predicted octanol–water partition coefficient (Wildman–Crippen LogP) is 0.548. The average molecular weight is 232 g/mol. The molecule has 0 aliphatic rings. The predicted molar refractivity (Wildman–Crippen MR) is 65.0 cm³/mol. The summed E-state index contributed by atoms with van der Waals surface area (Å²) in [7, 11) is 1.58. The second kappa shape index (κ2) is 4.17. The number of fused-ring (bicyclic) bond motifs is 1. The van der Waals surface area contributed by atoms with Gasteiger partial charge in [0.05, 0.1) is 0 Å². The van der Waals surface area contributed by atoms with E-state index in [1.165, 1.54) is 6.07 Å². The van der Waals surface area contributed by atoms with Crippen LogP contribution in [-0.4, -0.2) is 29.0 Å². The molecular weight excluding hydrogens is 220 g/mol. The Morgan fingerprint density at radius 3 is 2.94 bits per heavy atom. The molecule has 0 spiro atoms. The molecule has 6 heteroatoms. The molecule has 0 aliphatic carbocycles. The molecule has 1 heterocycles. The Labute approximate surface area is 97.2 Å². The summed E-state index contributed by atoms with van der Waals surface area (Å²) in [5.41, 5.74) is 6.39. The number of amides is 1. The molecule has 0 radical (unpaired) electrons. The average Bonchev–Trinajstić information content (AvgIpc) is 2.71. The molecule has 5 N–H and O–H groups in total. The molecule has 88 valence electrons. The Balaban J connectivity index is 2.40. The van der Waals surface area contributed by atoms with Crippen LogP contribution in [0, 0.1) is 0 Å². The van der Waals surface area contributed by atoms with Crippen molar-refractivity contribution in [2.24, 2.45) is 10.7 Å². The number of nitrogens with zero attached hydrogens (tertiary/aromatic N) is 1. The summed E-state index contributed by atoms with van der Waals surface area (Å²) in [6.45, 7) is 0. The molecular formula is C11H12N4O2. The van der Waals surface area contributed by atoms with Crippen molar-refractivity contribution in [3.8, 4) is 5.75 Å². The van der Waals surface area contributed by atoms with E-state index in [2.05, 4.69) is 15.3 Å². The third-order valence-corrected chi connectivity index (χ3v) is 2.31. The van der Waals surface area contributed by atoms with Crippen LogP contribution in [0.5, 0.6) is 5.75 Å². The van der Waals surface area contributed by atoms with Crippen molar-refractivity contribution < 1.29 is 9.90 Å². The van der Waals surface area contributed by atoms with Gasteiger partial charge in [0.15, 0.2) is 5.96 Å². The van der Waals surface area contributed by atoms with Crippen LogP contribution in [-0.2, 0) is 0 Å². The number of guanidine groups is 1. The number of carbonyl (C=O) groups excluding carboxylic acids is 1. The first-order valence-electron chi connectivity index (χ1n) is 4.98. The minimum atomic E-state index is -0.465. The highest BCUT2D eigenvalue weighted by Gasteiger charge is 2.09. The molecule has 1 amide bonds. The summed E-state index contributed by atoms with van der Waals surface area (Å²) in [5, 5.41) is 12.7. The molecule has 2 rings (SSSR count). The highest BCUT2D eigenvalue weighted by Crippen LogP contribution is 2.20. The number of rotatable bonds is 1. The maximum atomic E-state index is 11.7. The van der Waals surface area contributed by atoms with Crippen molar-refractivity contribution in [3.05, 3.63) is 30.0 Å². The van der Waals surface area contributed by atoms with Crippen molar-refractivity contribution in [2.75, 3.05) is 7.05 Å². The SMILES string of the molecule is CNC(N)=NC(=O)c1cc2ccc(O)cc2[nH]1. The number of H-pyrrole nitrogens is 1. The summed E-state index contributed by atoms with van der Waals surface area (Å²) in [6, 6.07) is 6.46. The van der Waals surface area contributed by atoms with E-state index in [0.717, 1.165) is 5.39 Å². The zero-order valence-corrected chi connectivity index (χ0v) is 9.19. The van der Waals surface area contributed by atoms with Crippen molar-refractivity contribution in [1.82, 2.24) is 10.3 Å². The lowest BCUT2D eigenvalue weighted by Crippen LogP contribution is -2.28. The zero-order valence-electron chi connectivity index (χ0n) is 9.19. The van der Waals surface area contributed by atoms with Crippen molar-refractivity contribution in [1.29, 1.82) is 0 Å². The fourth-order valence-corrected chi connectivity index (χ4v) is 1.46. The molecule has 17 heavy (non-hydrogen) atoms. The number of hydrogen-bond donors (Lipinski definition) is 4. The van der Waals surface area contributed by atoms with Crippen LogP contribution in [0.2, 0.25) is 0 Å². The number of benzene rings is 1. The largest absolute Gasteiger partial charge is 0.508 e. The number of aromatic hydroxyl groups is 1. The molecule has 0 saturated carbocycles. The lowest BCUT2D eigenvalue weighted by Gasteiger charge is -1.95. The molecule has 6 nitrogen and oxygen atoms in total. The summed E-state index contributed by atoms with van der Waals surface area (Å²) in [5.74, 6) is -0.277. The Morgan fingerprint density at radius 2 is 2.24 bits per heavy atom. The monoisotopic (exact) mass is 232 g/mol. The van der Waals surface area contributed by atoms with Gasteiger partial charge in [0, 0.05) is 24.0 Å². The van der Waals surface area contributed by atoms with Crippen LogP contribution in [0.15, 0.2) is 29.3 Å². The van der Waals surface area contributed by atoms with E-state index in [1.54, 1.807) is 25.2 Å². The summed E-state index contributed by atoms with van der Waals surface area (Å²) >= 11 is 0. The first-order chi connectivity index (χ1) is 8.10. The van der Waals surface area contributed by atoms with E-state index in [4.69, 9.17) is 5.73 Å². The standard InChI is InChI=1S/C11H12N4O2/c1-13-11(12)15-10(17)9-4-6-2-3-7(16)5-8(6)14-9/h2-5,14,16H,1H3,(H3,12,13,15,17). The molecule has 0 unspecified atom stereocenters. The molecule has 2 aromatic rings. The fourth-order valence-electron chi connectivity index (χ4n) is 1.46. The number of nitrogens with two attached hydrogens (primary N) is 1. The van der Waals surface area contributed by atoms with E-state index < -0.39 is 5.91 Å². The van der Waals surface area contributed by atoms with Crippen molar-refractivity contribution >= 4 is 22.8 Å². The maximum Gasteiger partial charge on any atom is 0.296 e. The number of phenols is 1. The number of carbonyl (C=O) groups is 1. The number of phenolic OH excluding ortho intramolecular Hbond substituents is 1. The molecule has 0 aliphatic heterocycles. The molecule has 0 atom stereocenters. The number of aromatic nitrogens is 1. The quantitative estimate of drug-likeness (QED) is 0.425. The van der Waals surface area contributed by atoms with Gasteiger partial charge in [-0.15, -0.1) is 0 Å². The molecule has 0 saturated heterocycles. The van der Waals surface area contributed by atoms with Gasteiger partial charge in [-0.1, -0.05) is 0 Å². The molecule has 1 aromatic carbocycles. The van der Waals surface area contributed by atoms with Crippen LogP contribution in [0.1, 0.15) is 10.5 Å². The minimum Gasteiger partial charge on any atom is -0.508 e. The van der Waals surface area contributed by atoms with Crippen molar-refractivity contribution in [2.45, 2.75) is 0 Å². The number of nitrogens with one attached hydrogen (secondary N) is 2. The molecule has 1 aromatic heterocycles. The van der Waals surface area contributed by atoms with Gasteiger partial charge in [-0.2, -0.15) is 4.99 Å². The fraction of sp³-hybridized carbons (Fsp3) is 0.0909. The Kier molecular flexibility index (Phi) is 2.70. The second-order valence-electron chi connectivity index (χ2n) is 3.51. The van der Waals surface area contributed by atoms with Gasteiger partial charge in [0.1, 0.15) is 11.4 Å². The summed E-state index contributed by atoms with van der Waals surface area (Å²) < 4.78 is 0. The van der Waals surface area contributed by atoms with Gasteiger partial charge in [-0.3, -0.25) is 4.79 Å². The minimum absolute atomic E-state index is 0.0523. The normalized spacial score (nSPS) is 11.7. The summed E-state index contributed by atoms with van der Waals surface area (Å²) in [4.78, 5) is 18.2. The highest BCUT2D eigenvalue weighted by atomic mass is 16.3. The van der Waals surface area contributed by atoms with Gasteiger partial charge in [0.2, 0.25) is 0 Å². The second-order valence-corrected chi connectivity index (χ2v) is 3.51. The van der Waals surface area contributed by atoms with E-state index >= 15 is 0 Å². The van der Waals surface area contributed by atoms with E-state index in [9.17, 15) is 9.90 Å². The Morgan fingerprint density at radius 1 is 1.47 bits per heavy atom. The first kappa shape index (κ1) is 11.0. The summed E-state index contributed by atoms with van der Waals surface area (Å²) in [6.07, 6.45) is 0. The molecule has 0 bridgehead atoms. The maximum absolute atomic E-state index is 11.7. The number of aliphatic imine (C=N–C) groups is 1. The van der Waals surface area contributed by atoms with Crippen molar-refractivity contribution in [3.63, 3.8) is 0 Å². The highest BCUT2D eigenvalue weighted by molar-refractivity contribution is 6.04. The van der Waals surface area contributed by atoms with Crippen LogP contribution >= 0.6 is 0 Å². The Bertz CT molecular complexity index is 601. The first-order valence-corrected chi connectivity index (χ1v) is 4.98. The van der Waals surface area contributed by atoms with Crippen LogP contribution in [0.25, 0.3) is 10.9 Å². The lowest BCUT2D eigenvalue weighted by atomic mass is 10.2. The van der Waals surface area contributed by atoms with E-state index in [-0.39, 0.29) is 11.7 Å². The van der Waals surface area contributed by atoms with Gasteiger partial charge in [0.25, 0.3) is 5.91 Å². The zero-order chi connectivity index (χ0) is 12.4. The topological polar surface area (TPSA) is 104 Å². The van der Waals surface area contributed by atoms with Gasteiger partial charge in [-0.05, 0) is 18.2 Å². The van der Waals surface area contributed by atoms with Crippen LogP contribution < -0.4 is 11.1 Å². The molecule has 0 fully saturated rings. The smallest absolute Gasteiger partial charge is 0.296 e. The third-order valence-electron chi connectivity index (χ3n) is 2.31. The third kappa shape index (κ3) is 2.20.